The van der Waals surface area contributed by atoms with Crippen molar-refractivity contribution in [1.29, 1.82) is 0 Å². The molecule has 1 atom stereocenters. The second-order valence-corrected chi connectivity index (χ2v) is 8.66. The van der Waals surface area contributed by atoms with Crippen LogP contribution in [0, 0.1) is 13.8 Å². The number of hydrogen-bond donors (Lipinski definition) is 1. The van der Waals surface area contributed by atoms with Crippen LogP contribution in [0.2, 0.25) is 0 Å². The molecular formula is C16H21NO3S2. The van der Waals surface area contributed by atoms with Crippen LogP contribution in [0.15, 0.2) is 41.3 Å². The highest BCUT2D eigenvalue weighted by molar-refractivity contribution is 7.89. The van der Waals surface area contributed by atoms with Gasteiger partial charge in [-0.05, 0) is 31.9 Å². The molecule has 0 amide bonds. The second kappa shape index (κ2) is 6.91. The number of aliphatic hydroxyl groups is 1. The maximum Gasteiger partial charge on any atom is 0.244 e. The fourth-order valence-corrected chi connectivity index (χ4v) is 5.44. The zero-order chi connectivity index (χ0) is 16.3. The summed E-state index contributed by atoms with van der Waals surface area (Å²) in [6.45, 7) is 3.65. The van der Waals surface area contributed by atoms with E-state index < -0.39 is 10.0 Å². The highest BCUT2D eigenvalue weighted by Gasteiger charge is 2.30. The summed E-state index contributed by atoms with van der Waals surface area (Å²) in [5.74, 6) is 0. The first-order chi connectivity index (χ1) is 10.4. The second-order valence-electron chi connectivity index (χ2n) is 5.24. The van der Waals surface area contributed by atoms with Crippen molar-refractivity contribution in [3.05, 3.63) is 51.7 Å². The van der Waals surface area contributed by atoms with Gasteiger partial charge < -0.3 is 5.11 Å². The zero-order valence-corrected chi connectivity index (χ0v) is 14.6. The minimum Gasteiger partial charge on any atom is -0.396 e. The van der Waals surface area contributed by atoms with Crippen molar-refractivity contribution in [3.8, 4) is 0 Å². The molecule has 1 unspecified atom stereocenters. The molecule has 0 bridgehead atoms. The molecule has 2 aromatic rings. The third-order valence-corrected chi connectivity index (χ3v) is 6.77. The molecule has 120 valence electrons. The molecular weight excluding hydrogens is 318 g/mol. The molecule has 1 heterocycles. The monoisotopic (exact) mass is 339 g/mol. The minimum absolute atomic E-state index is 0.0684. The van der Waals surface area contributed by atoms with Crippen molar-refractivity contribution in [3.63, 3.8) is 0 Å². The summed E-state index contributed by atoms with van der Waals surface area (Å²) in [5, 5.41) is 9.32. The predicted molar refractivity (Wildman–Crippen MR) is 89.6 cm³/mol. The van der Waals surface area contributed by atoms with Crippen LogP contribution in [0.4, 0.5) is 0 Å². The average molecular weight is 339 g/mol. The van der Waals surface area contributed by atoms with Crippen LogP contribution in [-0.2, 0) is 10.0 Å². The van der Waals surface area contributed by atoms with Gasteiger partial charge in [-0.3, -0.25) is 0 Å². The van der Waals surface area contributed by atoms with Crippen molar-refractivity contribution in [2.24, 2.45) is 0 Å². The van der Waals surface area contributed by atoms with Gasteiger partial charge in [0.2, 0.25) is 10.0 Å². The first-order valence-corrected chi connectivity index (χ1v) is 9.34. The number of sulfonamides is 1. The van der Waals surface area contributed by atoms with Gasteiger partial charge in [-0.15, -0.1) is 11.3 Å². The smallest absolute Gasteiger partial charge is 0.244 e. The van der Waals surface area contributed by atoms with Gasteiger partial charge in [0.05, 0.1) is 10.9 Å². The number of nitrogens with zero attached hydrogens (tertiary/aromatic N) is 1. The van der Waals surface area contributed by atoms with Crippen molar-refractivity contribution >= 4 is 21.4 Å². The molecule has 22 heavy (non-hydrogen) atoms. The summed E-state index contributed by atoms with van der Waals surface area (Å²) >= 11 is 1.48. The number of rotatable bonds is 6. The summed E-state index contributed by atoms with van der Waals surface area (Å²) in [6.07, 6.45) is 0.363. The lowest BCUT2D eigenvalue weighted by molar-refractivity contribution is 0.240. The summed E-state index contributed by atoms with van der Waals surface area (Å²) in [4.78, 5) is 2.12. The zero-order valence-electron chi connectivity index (χ0n) is 13.0. The van der Waals surface area contributed by atoms with Crippen molar-refractivity contribution < 1.29 is 13.5 Å². The molecule has 4 nitrogen and oxygen atoms in total. The van der Waals surface area contributed by atoms with E-state index in [1.165, 1.54) is 15.6 Å². The molecule has 0 spiro atoms. The Morgan fingerprint density at radius 1 is 1.23 bits per heavy atom. The minimum atomic E-state index is -3.59. The maximum absolute atomic E-state index is 12.9. The molecule has 1 aromatic heterocycles. The van der Waals surface area contributed by atoms with Crippen LogP contribution in [0.1, 0.15) is 27.8 Å². The fourth-order valence-electron chi connectivity index (χ4n) is 2.54. The van der Waals surface area contributed by atoms with E-state index in [0.29, 0.717) is 11.3 Å². The largest absolute Gasteiger partial charge is 0.396 e. The van der Waals surface area contributed by atoms with Gasteiger partial charge in [0.25, 0.3) is 0 Å². The Kier molecular flexibility index (Phi) is 5.39. The third-order valence-electron chi connectivity index (χ3n) is 3.68. The lowest BCUT2D eigenvalue weighted by Crippen LogP contribution is -2.32. The fraction of sp³-hybridized carbons (Fsp3) is 0.375. The summed E-state index contributed by atoms with van der Waals surface area (Å²) in [7, 11) is -2.01. The molecule has 0 fully saturated rings. The Morgan fingerprint density at radius 3 is 2.36 bits per heavy atom. The quantitative estimate of drug-likeness (QED) is 0.880. The van der Waals surface area contributed by atoms with Crippen molar-refractivity contribution in [2.75, 3.05) is 13.7 Å². The highest BCUT2D eigenvalue weighted by atomic mass is 32.2. The average Bonchev–Trinajstić information content (AvgIpc) is 2.84. The number of benzene rings is 1. The molecule has 2 rings (SSSR count). The number of thiophene rings is 1. The van der Waals surface area contributed by atoms with Crippen LogP contribution in [0.5, 0.6) is 0 Å². The Labute approximate surface area is 136 Å². The van der Waals surface area contributed by atoms with E-state index in [2.05, 4.69) is 0 Å². The topological polar surface area (TPSA) is 57.6 Å². The summed E-state index contributed by atoms with van der Waals surface area (Å²) < 4.78 is 27.2. The van der Waals surface area contributed by atoms with Gasteiger partial charge >= 0.3 is 0 Å². The van der Waals surface area contributed by atoms with E-state index in [-0.39, 0.29) is 12.6 Å². The predicted octanol–water partition coefficient (Wildman–Crippen LogP) is 3.11. The SMILES string of the molecule is Cc1cc(S(=O)(=O)N(C)C(CCO)c2ccccc2)c(C)s1. The molecule has 0 aliphatic carbocycles. The van der Waals surface area contributed by atoms with E-state index in [1.807, 2.05) is 44.2 Å². The van der Waals surface area contributed by atoms with E-state index in [0.717, 1.165) is 15.3 Å². The summed E-state index contributed by atoms with van der Waals surface area (Å²) in [5.41, 5.74) is 0.882. The first-order valence-electron chi connectivity index (χ1n) is 7.08. The van der Waals surface area contributed by atoms with Crippen LogP contribution < -0.4 is 0 Å². The number of hydrogen-bond acceptors (Lipinski definition) is 4. The Bertz CT molecular complexity index is 723. The summed E-state index contributed by atoms with van der Waals surface area (Å²) in [6, 6.07) is 10.7. The van der Waals surface area contributed by atoms with E-state index in [1.54, 1.807) is 13.1 Å². The molecule has 0 saturated heterocycles. The molecule has 6 heteroatoms. The van der Waals surface area contributed by atoms with Gasteiger partial charge in [-0.2, -0.15) is 4.31 Å². The molecule has 0 aliphatic rings. The number of aryl methyl sites for hydroxylation is 2. The maximum atomic E-state index is 12.9. The highest BCUT2D eigenvalue weighted by Crippen LogP contribution is 2.32. The molecule has 0 aliphatic heterocycles. The van der Waals surface area contributed by atoms with Crippen molar-refractivity contribution in [1.82, 2.24) is 4.31 Å². The molecule has 0 radical (unpaired) electrons. The molecule has 0 saturated carbocycles. The number of aliphatic hydroxyl groups excluding tert-OH is 1. The van der Waals surface area contributed by atoms with Gasteiger partial charge in [0.1, 0.15) is 0 Å². The normalized spacial score (nSPS) is 13.5. The van der Waals surface area contributed by atoms with Crippen molar-refractivity contribution in [2.45, 2.75) is 31.2 Å². The van der Waals surface area contributed by atoms with Crippen LogP contribution in [0.25, 0.3) is 0 Å². The van der Waals surface area contributed by atoms with E-state index in [9.17, 15) is 13.5 Å². The third kappa shape index (κ3) is 3.41. The van der Waals surface area contributed by atoms with Gasteiger partial charge in [0.15, 0.2) is 0 Å². The lowest BCUT2D eigenvalue weighted by atomic mass is 10.0. The van der Waals surface area contributed by atoms with Crippen LogP contribution in [0.3, 0.4) is 0 Å². The first kappa shape index (κ1) is 17.1. The van der Waals surface area contributed by atoms with Gasteiger partial charge in [-0.1, -0.05) is 30.3 Å². The Morgan fingerprint density at radius 2 is 1.86 bits per heavy atom. The van der Waals surface area contributed by atoms with Gasteiger partial charge in [-0.25, -0.2) is 8.42 Å². The molecule has 1 N–H and O–H groups in total. The Hall–Kier alpha value is -1.21. The van der Waals surface area contributed by atoms with Crippen LogP contribution >= 0.6 is 11.3 Å². The molecule has 1 aromatic carbocycles. The Balaban J connectivity index is 2.42. The van der Waals surface area contributed by atoms with Gasteiger partial charge in [0, 0.05) is 23.4 Å². The van der Waals surface area contributed by atoms with Crippen LogP contribution in [-0.4, -0.2) is 31.5 Å². The lowest BCUT2D eigenvalue weighted by Gasteiger charge is -2.27. The van der Waals surface area contributed by atoms with E-state index >= 15 is 0 Å². The van der Waals surface area contributed by atoms with E-state index in [4.69, 9.17) is 0 Å². The standard InChI is InChI=1S/C16H21NO3S2/c1-12-11-16(13(2)21-12)22(19,20)17(3)15(9-10-18)14-7-5-4-6-8-14/h4-8,11,15,18H,9-10H2,1-3H3.